The highest BCUT2D eigenvalue weighted by Gasteiger charge is 2.39. The maximum Gasteiger partial charge on any atom is 0.385 e. The smallest absolute Gasteiger partial charge is 0.322 e. The molecule has 1 aromatic heterocycles. The van der Waals surface area contributed by atoms with Gasteiger partial charge in [-0.3, -0.25) is 9.59 Å². The van der Waals surface area contributed by atoms with Crippen molar-refractivity contribution in [1.29, 1.82) is 0 Å². The lowest BCUT2D eigenvalue weighted by atomic mass is 10.1. The SMILES string of the molecule is O=C(ON1C(=O)c2ccccc2C1=O)c1ncccc1F. The number of hydrogen-bond acceptors (Lipinski definition) is 5. The molecule has 0 N–H and O–H groups in total. The predicted octanol–water partition coefficient (Wildman–Crippen LogP) is 1.59. The Morgan fingerprint density at radius 3 is 2.24 bits per heavy atom. The molecule has 0 spiro atoms. The number of hydroxylamine groups is 2. The Morgan fingerprint density at radius 2 is 1.67 bits per heavy atom. The zero-order valence-corrected chi connectivity index (χ0v) is 10.4. The molecule has 0 saturated heterocycles. The highest BCUT2D eigenvalue weighted by atomic mass is 19.1. The number of pyridine rings is 1. The Labute approximate surface area is 117 Å². The van der Waals surface area contributed by atoms with Crippen molar-refractivity contribution in [3.05, 3.63) is 65.2 Å². The molecule has 104 valence electrons. The zero-order chi connectivity index (χ0) is 15.0. The van der Waals surface area contributed by atoms with Crippen LogP contribution in [0, 0.1) is 5.82 Å². The summed E-state index contributed by atoms with van der Waals surface area (Å²) in [5.41, 5.74) is -0.359. The zero-order valence-electron chi connectivity index (χ0n) is 10.4. The van der Waals surface area contributed by atoms with E-state index in [1.54, 1.807) is 12.1 Å². The highest BCUT2D eigenvalue weighted by molar-refractivity contribution is 6.21. The van der Waals surface area contributed by atoms with Crippen LogP contribution in [-0.4, -0.2) is 27.8 Å². The van der Waals surface area contributed by atoms with Crippen LogP contribution in [0.2, 0.25) is 0 Å². The Hall–Kier alpha value is -3.09. The molecule has 21 heavy (non-hydrogen) atoms. The Kier molecular flexibility index (Phi) is 2.94. The summed E-state index contributed by atoms with van der Waals surface area (Å²) < 4.78 is 13.4. The van der Waals surface area contributed by atoms with Gasteiger partial charge < -0.3 is 4.84 Å². The minimum atomic E-state index is -1.22. The second kappa shape index (κ2) is 4.78. The molecule has 1 aliphatic heterocycles. The van der Waals surface area contributed by atoms with Gasteiger partial charge in [0, 0.05) is 6.20 Å². The lowest BCUT2D eigenvalue weighted by molar-refractivity contribution is -0.0591. The molecule has 0 unspecified atom stereocenters. The molecule has 1 aliphatic rings. The van der Waals surface area contributed by atoms with E-state index < -0.39 is 29.3 Å². The number of nitrogens with zero attached hydrogens (tertiary/aromatic N) is 2. The van der Waals surface area contributed by atoms with Gasteiger partial charge in [0.15, 0.2) is 11.5 Å². The number of fused-ring (bicyclic) bond motifs is 1. The quantitative estimate of drug-likeness (QED) is 0.783. The summed E-state index contributed by atoms with van der Waals surface area (Å²) in [5, 5.41) is 0.307. The first-order chi connectivity index (χ1) is 10.1. The highest BCUT2D eigenvalue weighted by Crippen LogP contribution is 2.23. The molecule has 2 heterocycles. The van der Waals surface area contributed by atoms with Gasteiger partial charge in [-0.2, -0.15) is 0 Å². The summed E-state index contributed by atoms with van der Waals surface area (Å²) >= 11 is 0. The van der Waals surface area contributed by atoms with Gasteiger partial charge >= 0.3 is 5.97 Å². The van der Waals surface area contributed by atoms with Gasteiger partial charge in [-0.15, -0.1) is 0 Å². The van der Waals surface area contributed by atoms with E-state index in [0.717, 1.165) is 6.07 Å². The number of aromatic nitrogens is 1. The number of amides is 2. The minimum Gasteiger partial charge on any atom is -0.322 e. The van der Waals surface area contributed by atoms with E-state index in [1.807, 2.05) is 0 Å². The molecular weight excluding hydrogens is 279 g/mol. The molecule has 0 saturated carbocycles. The summed E-state index contributed by atoms with van der Waals surface area (Å²) in [6.07, 6.45) is 1.20. The first-order valence-corrected chi connectivity index (χ1v) is 5.90. The normalized spacial score (nSPS) is 13.3. The monoisotopic (exact) mass is 286 g/mol. The van der Waals surface area contributed by atoms with Crippen molar-refractivity contribution in [2.45, 2.75) is 0 Å². The number of rotatable bonds is 2. The summed E-state index contributed by atoms with van der Waals surface area (Å²) in [4.78, 5) is 43.9. The topological polar surface area (TPSA) is 76.6 Å². The molecule has 3 rings (SSSR count). The Morgan fingerprint density at radius 1 is 1.05 bits per heavy atom. The second-order valence-corrected chi connectivity index (χ2v) is 4.16. The summed E-state index contributed by atoms with van der Waals surface area (Å²) in [5.74, 6) is -3.68. The lowest BCUT2D eigenvalue weighted by Crippen LogP contribution is -2.33. The molecule has 6 nitrogen and oxygen atoms in total. The average Bonchev–Trinajstić information content (AvgIpc) is 2.73. The molecule has 0 radical (unpaired) electrons. The van der Waals surface area contributed by atoms with Crippen molar-refractivity contribution in [2.75, 3.05) is 0 Å². The second-order valence-electron chi connectivity index (χ2n) is 4.16. The molecule has 1 aromatic carbocycles. The molecule has 7 heteroatoms. The first kappa shape index (κ1) is 12.9. The van der Waals surface area contributed by atoms with E-state index >= 15 is 0 Å². The van der Waals surface area contributed by atoms with Crippen molar-refractivity contribution in [3.8, 4) is 0 Å². The van der Waals surface area contributed by atoms with Crippen molar-refractivity contribution in [1.82, 2.24) is 10.0 Å². The van der Waals surface area contributed by atoms with Crippen LogP contribution in [0.25, 0.3) is 0 Å². The first-order valence-electron chi connectivity index (χ1n) is 5.90. The summed E-state index contributed by atoms with van der Waals surface area (Å²) in [7, 11) is 0. The van der Waals surface area contributed by atoms with Crippen LogP contribution < -0.4 is 0 Å². The third-order valence-electron chi connectivity index (χ3n) is 2.88. The molecular formula is C14H7FN2O4. The van der Waals surface area contributed by atoms with Gasteiger partial charge in [-0.05, 0) is 24.3 Å². The van der Waals surface area contributed by atoms with Crippen molar-refractivity contribution < 1.29 is 23.6 Å². The summed E-state index contributed by atoms with van der Waals surface area (Å²) in [6, 6.07) is 8.34. The molecule has 0 atom stereocenters. The summed E-state index contributed by atoms with van der Waals surface area (Å²) in [6.45, 7) is 0. The molecule has 0 fully saturated rings. The van der Waals surface area contributed by atoms with E-state index in [9.17, 15) is 18.8 Å². The van der Waals surface area contributed by atoms with Crippen LogP contribution in [0.1, 0.15) is 31.2 Å². The van der Waals surface area contributed by atoms with Crippen molar-refractivity contribution >= 4 is 17.8 Å². The number of hydrogen-bond donors (Lipinski definition) is 0. The number of carbonyl (C=O) groups is 3. The van der Waals surface area contributed by atoms with Gasteiger partial charge in [0.2, 0.25) is 0 Å². The number of carbonyl (C=O) groups excluding carboxylic acids is 3. The Bertz CT molecular complexity index is 740. The third-order valence-corrected chi connectivity index (χ3v) is 2.88. The minimum absolute atomic E-state index is 0.122. The maximum absolute atomic E-state index is 13.4. The van der Waals surface area contributed by atoms with Gasteiger partial charge in [0.1, 0.15) is 0 Å². The van der Waals surface area contributed by atoms with Gasteiger partial charge in [-0.25, -0.2) is 14.2 Å². The largest absolute Gasteiger partial charge is 0.385 e. The van der Waals surface area contributed by atoms with Gasteiger partial charge in [0.25, 0.3) is 11.8 Å². The van der Waals surface area contributed by atoms with E-state index in [4.69, 9.17) is 0 Å². The molecule has 0 bridgehead atoms. The van der Waals surface area contributed by atoms with E-state index in [1.165, 1.54) is 24.4 Å². The number of benzene rings is 1. The molecule has 2 aromatic rings. The molecule has 2 amide bonds. The fourth-order valence-corrected chi connectivity index (χ4v) is 1.91. The van der Waals surface area contributed by atoms with Crippen LogP contribution in [0.4, 0.5) is 4.39 Å². The fourth-order valence-electron chi connectivity index (χ4n) is 1.91. The van der Waals surface area contributed by atoms with Crippen LogP contribution in [0.15, 0.2) is 42.6 Å². The maximum atomic E-state index is 13.4. The van der Waals surface area contributed by atoms with E-state index in [0.29, 0.717) is 5.06 Å². The molecule has 0 aliphatic carbocycles. The van der Waals surface area contributed by atoms with Crippen LogP contribution in [0.5, 0.6) is 0 Å². The van der Waals surface area contributed by atoms with E-state index in [2.05, 4.69) is 9.82 Å². The van der Waals surface area contributed by atoms with Gasteiger partial charge in [0.05, 0.1) is 11.1 Å². The van der Waals surface area contributed by atoms with Gasteiger partial charge in [-0.1, -0.05) is 17.2 Å². The van der Waals surface area contributed by atoms with Crippen molar-refractivity contribution in [3.63, 3.8) is 0 Å². The van der Waals surface area contributed by atoms with Crippen LogP contribution in [-0.2, 0) is 4.84 Å². The fraction of sp³-hybridized carbons (Fsp3) is 0. The number of imide groups is 1. The van der Waals surface area contributed by atoms with Crippen molar-refractivity contribution in [2.24, 2.45) is 0 Å². The third kappa shape index (κ3) is 2.04. The Balaban J connectivity index is 1.88. The lowest BCUT2D eigenvalue weighted by Gasteiger charge is -2.12. The standard InChI is InChI=1S/C14H7FN2O4/c15-10-6-3-7-16-11(10)14(20)21-17-12(18)8-4-1-2-5-9(8)13(17)19/h1-7H. The average molecular weight is 286 g/mol. The number of halogens is 1. The van der Waals surface area contributed by atoms with E-state index in [-0.39, 0.29) is 11.1 Å². The van der Waals surface area contributed by atoms with Crippen LogP contribution >= 0.6 is 0 Å². The van der Waals surface area contributed by atoms with Crippen LogP contribution in [0.3, 0.4) is 0 Å². The predicted molar refractivity (Wildman–Crippen MR) is 66.6 cm³/mol.